The van der Waals surface area contributed by atoms with E-state index in [9.17, 15) is 0 Å². The second-order valence-corrected chi connectivity index (χ2v) is 6.03. The van der Waals surface area contributed by atoms with Crippen molar-refractivity contribution in [3.8, 4) is 22.5 Å². The second kappa shape index (κ2) is 5.89. The van der Waals surface area contributed by atoms with E-state index < -0.39 is 0 Å². The zero-order valence-electron chi connectivity index (χ0n) is 13.8. The minimum Gasteiger partial charge on any atom is -0.252 e. The quantitative estimate of drug-likeness (QED) is 0.483. The Morgan fingerprint density at radius 2 is 1.42 bits per heavy atom. The molecule has 1 heterocycles. The van der Waals surface area contributed by atoms with Crippen LogP contribution in [0.25, 0.3) is 33.3 Å². The molecule has 0 aliphatic carbocycles. The van der Waals surface area contributed by atoms with Crippen LogP contribution in [-0.2, 0) is 0 Å². The van der Waals surface area contributed by atoms with Crippen LogP contribution in [0.5, 0.6) is 0 Å². The molecule has 0 radical (unpaired) electrons. The van der Waals surface area contributed by atoms with E-state index in [0.717, 1.165) is 28.2 Å². The molecular formula is C22H18N2. The first-order valence-electron chi connectivity index (χ1n) is 8.12. The van der Waals surface area contributed by atoms with Crippen molar-refractivity contribution in [2.75, 3.05) is 0 Å². The lowest BCUT2D eigenvalue weighted by Crippen LogP contribution is -1.96. The van der Waals surface area contributed by atoms with Gasteiger partial charge in [-0.1, -0.05) is 66.7 Å². The van der Waals surface area contributed by atoms with E-state index in [-0.39, 0.29) is 0 Å². The lowest BCUT2D eigenvalue weighted by atomic mass is 10.0. The van der Waals surface area contributed by atoms with Crippen LogP contribution in [0.3, 0.4) is 0 Å². The molecule has 24 heavy (non-hydrogen) atoms. The second-order valence-electron chi connectivity index (χ2n) is 6.03. The van der Waals surface area contributed by atoms with Crippen molar-refractivity contribution in [2.24, 2.45) is 0 Å². The number of nitrogens with zero attached hydrogens (tertiary/aromatic N) is 2. The molecule has 2 nitrogen and oxygen atoms in total. The fourth-order valence-electron chi connectivity index (χ4n) is 3.16. The fraction of sp³-hybridized carbons (Fsp3) is 0.0909. The largest absolute Gasteiger partial charge is 0.252 e. The van der Waals surface area contributed by atoms with Crippen LogP contribution in [0, 0.1) is 13.8 Å². The standard InChI is InChI=1S/C22H18N2/c1-15-8-3-5-11-18(15)22-16(2)24-21(14-23-22)20-13-7-10-17-9-4-6-12-19(17)20/h3-14H,1-2H3. The molecule has 4 aromatic rings. The van der Waals surface area contributed by atoms with Crippen LogP contribution >= 0.6 is 0 Å². The molecule has 1 aromatic heterocycles. The first-order chi connectivity index (χ1) is 11.7. The lowest BCUT2D eigenvalue weighted by Gasteiger charge is -2.11. The van der Waals surface area contributed by atoms with Crippen molar-refractivity contribution >= 4 is 10.8 Å². The van der Waals surface area contributed by atoms with Gasteiger partial charge in [0.05, 0.1) is 23.3 Å². The van der Waals surface area contributed by atoms with Gasteiger partial charge in [-0.05, 0) is 30.2 Å². The molecule has 0 fully saturated rings. The summed E-state index contributed by atoms with van der Waals surface area (Å²) in [7, 11) is 0. The van der Waals surface area contributed by atoms with Gasteiger partial charge in [0.1, 0.15) is 0 Å². The van der Waals surface area contributed by atoms with Crippen molar-refractivity contribution in [1.29, 1.82) is 0 Å². The van der Waals surface area contributed by atoms with E-state index in [1.807, 2.05) is 25.3 Å². The number of aryl methyl sites for hydroxylation is 2. The third-order valence-corrected chi connectivity index (χ3v) is 4.41. The average molecular weight is 310 g/mol. The summed E-state index contributed by atoms with van der Waals surface area (Å²) in [4.78, 5) is 9.58. The van der Waals surface area contributed by atoms with E-state index in [4.69, 9.17) is 9.97 Å². The highest BCUT2D eigenvalue weighted by atomic mass is 14.8. The minimum atomic E-state index is 0.918. The fourth-order valence-corrected chi connectivity index (χ4v) is 3.16. The van der Waals surface area contributed by atoms with Gasteiger partial charge in [-0.3, -0.25) is 4.98 Å². The highest BCUT2D eigenvalue weighted by Crippen LogP contribution is 2.29. The van der Waals surface area contributed by atoms with E-state index in [2.05, 4.69) is 61.5 Å². The van der Waals surface area contributed by atoms with Crippen LogP contribution in [0.2, 0.25) is 0 Å². The SMILES string of the molecule is Cc1ccccc1-c1ncc(-c2cccc3ccccc23)nc1C. The van der Waals surface area contributed by atoms with Crippen molar-refractivity contribution in [2.45, 2.75) is 13.8 Å². The van der Waals surface area contributed by atoms with E-state index in [0.29, 0.717) is 0 Å². The number of hydrogen-bond acceptors (Lipinski definition) is 2. The first kappa shape index (κ1) is 14.6. The number of aromatic nitrogens is 2. The molecule has 4 rings (SSSR count). The molecule has 0 N–H and O–H groups in total. The van der Waals surface area contributed by atoms with Gasteiger partial charge in [0.25, 0.3) is 0 Å². The van der Waals surface area contributed by atoms with Crippen molar-refractivity contribution in [3.05, 3.63) is 84.2 Å². The normalized spacial score (nSPS) is 10.9. The molecule has 2 heteroatoms. The number of benzene rings is 3. The van der Waals surface area contributed by atoms with Crippen LogP contribution in [0.4, 0.5) is 0 Å². The number of rotatable bonds is 2. The van der Waals surface area contributed by atoms with Crippen molar-refractivity contribution < 1.29 is 0 Å². The molecule has 0 atom stereocenters. The number of fused-ring (bicyclic) bond motifs is 1. The average Bonchev–Trinajstić information content (AvgIpc) is 2.62. The maximum absolute atomic E-state index is 4.85. The Hall–Kier alpha value is -3.00. The Morgan fingerprint density at radius 3 is 2.25 bits per heavy atom. The molecule has 0 aliphatic heterocycles. The van der Waals surface area contributed by atoms with Gasteiger partial charge in [-0.25, -0.2) is 4.98 Å². The Bertz CT molecular complexity index is 1030. The molecule has 3 aromatic carbocycles. The summed E-state index contributed by atoms with van der Waals surface area (Å²) in [5, 5.41) is 2.43. The summed E-state index contributed by atoms with van der Waals surface area (Å²) in [6.07, 6.45) is 1.89. The van der Waals surface area contributed by atoms with Crippen LogP contribution in [-0.4, -0.2) is 9.97 Å². The number of hydrogen-bond donors (Lipinski definition) is 0. The van der Waals surface area contributed by atoms with Crippen LogP contribution in [0.1, 0.15) is 11.3 Å². The van der Waals surface area contributed by atoms with E-state index in [1.54, 1.807) is 0 Å². The predicted octanol–water partition coefficient (Wildman–Crippen LogP) is 5.58. The summed E-state index contributed by atoms with van der Waals surface area (Å²) in [6, 6.07) is 23.0. The van der Waals surface area contributed by atoms with Gasteiger partial charge in [0.15, 0.2) is 0 Å². The monoisotopic (exact) mass is 310 g/mol. The zero-order valence-corrected chi connectivity index (χ0v) is 13.8. The molecule has 0 aliphatic rings. The molecule has 116 valence electrons. The van der Waals surface area contributed by atoms with E-state index >= 15 is 0 Å². The van der Waals surface area contributed by atoms with Gasteiger partial charge in [0, 0.05) is 11.1 Å². The Morgan fingerprint density at radius 1 is 0.708 bits per heavy atom. The Balaban J connectivity index is 1.87. The molecule has 0 unspecified atom stereocenters. The van der Waals surface area contributed by atoms with Crippen molar-refractivity contribution in [3.63, 3.8) is 0 Å². The van der Waals surface area contributed by atoms with Gasteiger partial charge < -0.3 is 0 Å². The highest BCUT2D eigenvalue weighted by Gasteiger charge is 2.11. The molecule has 0 bridgehead atoms. The zero-order chi connectivity index (χ0) is 16.5. The van der Waals surface area contributed by atoms with Gasteiger partial charge in [0.2, 0.25) is 0 Å². The molecule has 0 spiro atoms. The molecule has 0 saturated carbocycles. The van der Waals surface area contributed by atoms with Gasteiger partial charge >= 0.3 is 0 Å². The van der Waals surface area contributed by atoms with Gasteiger partial charge in [-0.15, -0.1) is 0 Å². The lowest BCUT2D eigenvalue weighted by molar-refractivity contribution is 1.13. The summed E-state index contributed by atoms with van der Waals surface area (Å²) in [5.74, 6) is 0. The molecule has 0 saturated heterocycles. The summed E-state index contributed by atoms with van der Waals surface area (Å²) in [6.45, 7) is 4.14. The summed E-state index contributed by atoms with van der Waals surface area (Å²) >= 11 is 0. The minimum absolute atomic E-state index is 0.918. The Labute approximate surface area is 141 Å². The third-order valence-electron chi connectivity index (χ3n) is 4.41. The van der Waals surface area contributed by atoms with Crippen LogP contribution < -0.4 is 0 Å². The summed E-state index contributed by atoms with van der Waals surface area (Å²) in [5.41, 5.74) is 6.31. The van der Waals surface area contributed by atoms with Crippen LogP contribution in [0.15, 0.2) is 72.9 Å². The maximum Gasteiger partial charge on any atom is 0.0917 e. The smallest absolute Gasteiger partial charge is 0.0917 e. The third kappa shape index (κ3) is 2.46. The van der Waals surface area contributed by atoms with Gasteiger partial charge in [-0.2, -0.15) is 0 Å². The molecular weight excluding hydrogens is 292 g/mol. The Kier molecular flexibility index (Phi) is 3.58. The maximum atomic E-state index is 4.85. The topological polar surface area (TPSA) is 25.8 Å². The molecule has 0 amide bonds. The highest BCUT2D eigenvalue weighted by molar-refractivity contribution is 5.95. The van der Waals surface area contributed by atoms with E-state index in [1.165, 1.54) is 16.3 Å². The first-order valence-corrected chi connectivity index (χ1v) is 8.12. The van der Waals surface area contributed by atoms with Crippen molar-refractivity contribution in [1.82, 2.24) is 9.97 Å². The summed E-state index contributed by atoms with van der Waals surface area (Å²) < 4.78 is 0. The predicted molar refractivity (Wildman–Crippen MR) is 99.9 cm³/mol.